The standard InChI is InChI=1S/C15H23ClN2O3/c1-4-17-10-12-6-5-7-13(16)14(12)21-11(2)15(19)18-8-9-20-3/h5-7,11,17H,4,8-10H2,1-3H3,(H,18,19). The van der Waals surface area contributed by atoms with E-state index in [0.29, 0.717) is 30.5 Å². The molecule has 6 heteroatoms. The summed E-state index contributed by atoms with van der Waals surface area (Å²) >= 11 is 6.18. The smallest absolute Gasteiger partial charge is 0.260 e. The lowest BCUT2D eigenvalue weighted by Crippen LogP contribution is -2.38. The van der Waals surface area contributed by atoms with Gasteiger partial charge in [0.05, 0.1) is 11.6 Å². The van der Waals surface area contributed by atoms with Crippen molar-refractivity contribution in [1.29, 1.82) is 0 Å². The minimum Gasteiger partial charge on any atom is -0.479 e. The van der Waals surface area contributed by atoms with Gasteiger partial charge in [-0.3, -0.25) is 4.79 Å². The maximum atomic E-state index is 11.9. The third-order valence-corrected chi connectivity index (χ3v) is 3.18. The normalized spacial score (nSPS) is 12.0. The number of ether oxygens (including phenoxy) is 2. The highest BCUT2D eigenvalue weighted by Gasteiger charge is 2.17. The number of benzene rings is 1. The van der Waals surface area contributed by atoms with Crippen LogP contribution < -0.4 is 15.4 Å². The van der Waals surface area contributed by atoms with Crippen LogP contribution in [0.5, 0.6) is 5.75 Å². The summed E-state index contributed by atoms with van der Waals surface area (Å²) < 4.78 is 10.6. The highest BCUT2D eigenvalue weighted by molar-refractivity contribution is 6.32. The fraction of sp³-hybridized carbons (Fsp3) is 0.533. The molecule has 1 aromatic carbocycles. The van der Waals surface area contributed by atoms with Crippen LogP contribution in [0.15, 0.2) is 18.2 Å². The van der Waals surface area contributed by atoms with Crippen molar-refractivity contribution in [2.24, 2.45) is 0 Å². The van der Waals surface area contributed by atoms with Crippen LogP contribution in [0.2, 0.25) is 5.02 Å². The molecule has 0 fully saturated rings. The Morgan fingerprint density at radius 3 is 2.86 bits per heavy atom. The number of carbonyl (C=O) groups is 1. The largest absolute Gasteiger partial charge is 0.479 e. The molecule has 0 radical (unpaired) electrons. The molecule has 1 aromatic rings. The van der Waals surface area contributed by atoms with Gasteiger partial charge in [-0.25, -0.2) is 0 Å². The van der Waals surface area contributed by atoms with E-state index in [-0.39, 0.29) is 5.91 Å². The molecule has 0 bridgehead atoms. The molecule has 118 valence electrons. The molecular formula is C15H23ClN2O3. The van der Waals surface area contributed by atoms with Crippen molar-refractivity contribution < 1.29 is 14.3 Å². The van der Waals surface area contributed by atoms with Crippen LogP contribution in [-0.2, 0) is 16.1 Å². The minimum absolute atomic E-state index is 0.193. The average molecular weight is 315 g/mol. The second kappa shape index (κ2) is 9.60. The van der Waals surface area contributed by atoms with Gasteiger partial charge in [0.2, 0.25) is 0 Å². The van der Waals surface area contributed by atoms with Crippen molar-refractivity contribution in [3.8, 4) is 5.75 Å². The van der Waals surface area contributed by atoms with E-state index in [1.165, 1.54) is 0 Å². The third-order valence-electron chi connectivity index (χ3n) is 2.88. The first-order valence-corrected chi connectivity index (χ1v) is 7.39. The van der Waals surface area contributed by atoms with Gasteiger partial charge in [0.25, 0.3) is 5.91 Å². The highest BCUT2D eigenvalue weighted by atomic mass is 35.5. The summed E-state index contributed by atoms with van der Waals surface area (Å²) in [7, 11) is 1.59. The molecule has 1 atom stereocenters. The summed E-state index contributed by atoms with van der Waals surface area (Å²) in [5.41, 5.74) is 0.931. The maximum absolute atomic E-state index is 11.9. The Hall–Kier alpha value is -1.30. The number of halogens is 1. The van der Waals surface area contributed by atoms with Gasteiger partial charge >= 0.3 is 0 Å². The average Bonchev–Trinajstić information content (AvgIpc) is 2.47. The Labute approximate surface area is 131 Å². The second-order valence-electron chi connectivity index (χ2n) is 4.55. The molecule has 2 N–H and O–H groups in total. The van der Waals surface area contributed by atoms with Crippen LogP contribution in [0.1, 0.15) is 19.4 Å². The Morgan fingerprint density at radius 1 is 1.43 bits per heavy atom. The molecule has 5 nitrogen and oxygen atoms in total. The molecule has 0 aromatic heterocycles. The number of rotatable bonds is 9. The van der Waals surface area contributed by atoms with Gasteiger partial charge in [0.15, 0.2) is 6.10 Å². The van der Waals surface area contributed by atoms with Gasteiger partial charge in [0.1, 0.15) is 5.75 Å². The second-order valence-corrected chi connectivity index (χ2v) is 4.96. The number of para-hydroxylation sites is 1. The maximum Gasteiger partial charge on any atom is 0.260 e. The Bertz CT molecular complexity index is 455. The first kappa shape index (κ1) is 17.8. The molecule has 0 saturated carbocycles. The lowest BCUT2D eigenvalue weighted by Gasteiger charge is -2.18. The van der Waals surface area contributed by atoms with Crippen LogP contribution in [0.3, 0.4) is 0 Å². The van der Waals surface area contributed by atoms with Crippen LogP contribution in [0, 0.1) is 0 Å². The topological polar surface area (TPSA) is 59.6 Å². The summed E-state index contributed by atoms with van der Waals surface area (Å²) in [6.07, 6.45) is -0.623. The van der Waals surface area contributed by atoms with Crippen molar-refractivity contribution in [3.63, 3.8) is 0 Å². The van der Waals surface area contributed by atoms with Gasteiger partial charge in [-0.2, -0.15) is 0 Å². The summed E-state index contributed by atoms with van der Waals surface area (Å²) in [5.74, 6) is 0.357. The lowest BCUT2D eigenvalue weighted by molar-refractivity contribution is -0.127. The third kappa shape index (κ3) is 5.91. The molecule has 1 unspecified atom stereocenters. The van der Waals surface area contributed by atoms with Gasteiger partial charge in [-0.05, 0) is 19.5 Å². The van der Waals surface area contributed by atoms with E-state index in [2.05, 4.69) is 10.6 Å². The molecule has 0 saturated heterocycles. The number of amides is 1. The van der Waals surface area contributed by atoms with E-state index < -0.39 is 6.10 Å². The fourth-order valence-electron chi connectivity index (χ4n) is 1.73. The zero-order chi connectivity index (χ0) is 15.7. The van der Waals surface area contributed by atoms with Gasteiger partial charge in [-0.15, -0.1) is 0 Å². The van der Waals surface area contributed by atoms with Crippen molar-refractivity contribution in [2.75, 3.05) is 26.8 Å². The Morgan fingerprint density at radius 2 is 2.19 bits per heavy atom. The quantitative estimate of drug-likeness (QED) is 0.684. The van der Waals surface area contributed by atoms with E-state index >= 15 is 0 Å². The first-order chi connectivity index (χ1) is 10.1. The van der Waals surface area contributed by atoms with E-state index in [1.54, 1.807) is 20.1 Å². The van der Waals surface area contributed by atoms with Gasteiger partial charge in [-0.1, -0.05) is 30.7 Å². The molecule has 0 heterocycles. The summed E-state index contributed by atoms with van der Waals surface area (Å²) in [6, 6.07) is 5.55. The SMILES string of the molecule is CCNCc1cccc(Cl)c1OC(C)C(=O)NCCOC. The van der Waals surface area contributed by atoms with Crippen LogP contribution in [0.4, 0.5) is 0 Å². The van der Waals surface area contributed by atoms with Crippen LogP contribution >= 0.6 is 11.6 Å². The molecule has 1 amide bonds. The monoisotopic (exact) mass is 314 g/mol. The predicted molar refractivity (Wildman–Crippen MR) is 83.8 cm³/mol. The molecule has 1 rings (SSSR count). The van der Waals surface area contributed by atoms with Crippen molar-refractivity contribution in [1.82, 2.24) is 10.6 Å². The number of nitrogens with one attached hydrogen (secondary N) is 2. The van der Waals surface area contributed by atoms with Crippen LogP contribution in [-0.4, -0.2) is 38.8 Å². The van der Waals surface area contributed by atoms with Crippen molar-refractivity contribution >= 4 is 17.5 Å². The molecular weight excluding hydrogens is 292 g/mol. The number of methoxy groups -OCH3 is 1. The Balaban J connectivity index is 2.69. The number of hydrogen-bond acceptors (Lipinski definition) is 4. The predicted octanol–water partition coefficient (Wildman–Crippen LogP) is 1.98. The van der Waals surface area contributed by atoms with Crippen LogP contribution in [0.25, 0.3) is 0 Å². The summed E-state index contributed by atoms with van der Waals surface area (Å²) in [5, 5.41) is 6.46. The van der Waals surface area contributed by atoms with E-state index in [4.69, 9.17) is 21.1 Å². The molecule has 0 spiro atoms. The Kier molecular flexibility index (Phi) is 8.12. The first-order valence-electron chi connectivity index (χ1n) is 7.01. The summed E-state index contributed by atoms with van der Waals surface area (Å²) in [6.45, 7) is 6.13. The fourth-order valence-corrected chi connectivity index (χ4v) is 1.97. The zero-order valence-corrected chi connectivity index (χ0v) is 13.5. The molecule has 21 heavy (non-hydrogen) atoms. The summed E-state index contributed by atoms with van der Waals surface area (Å²) in [4.78, 5) is 11.9. The van der Waals surface area contributed by atoms with Crippen molar-refractivity contribution in [3.05, 3.63) is 28.8 Å². The molecule has 0 aliphatic rings. The number of hydrogen-bond donors (Lipinski definition) is 2. The highest BCUT2D eigenvalue weighted by Crippen LogP contribution is 2.29. The van der Waals surface area contributed by atoms with E-state index in [1.807, 2.05) is 19.1 Å². The van der Waals surface area contributed by atoms with Crippen molar-refractivity contribution in [2.45, 2.75) is 26.5 Å². The zero-order valence-electron chi connectivity index (χ0n) is 12.7. The molecule has 0 aliphatic heterocycles. The van der Waals surface area contributed by atoms with E-state index in [9.17, 15) is 4.79 Å². The molecule has 0 aliphatic carbocycles. The minimum atomic E-state index is -0.623. The van der Waals surface area contributed by atoms with Gasteiger partial charge < -0.3 is 20.1 Å². The lowest BCUT2D eigenvalue weighted by atomic mass is 10.2. The number of carbonyl (C=O) groups excluding carboxylic acids is 1. The van der Waals surface area contributed by atoms with Gasteiger partial charge in [0, 0.05) is 25.8 Å². The van der Waals surface area contributed by atoms with E-state index in [0.717, 1.165) is 12.1 Å².